The molecule has 0 spiro atoms. The van der Waals surface area contributed by atoms with Crippen molar-refractivity contribution in [1.29, 1.82) is 0 Å². The number of halogens is 2. The lowest BCUT2D eigenvalue weighted by atomic mass is 9.91. The van der Waals surface area contributed by atoms with Crippen LogP contribution < -0.4 is 5.32 Å². The minimum absolute atomic E-state index is 0.135. The number of carbonyl (C=O) groups is 1. The fourth-order valence-electron chi connectivity index (χ4n) is 2.51. The Hall–Kier alpha value is -1.52. The zero-order chi connectivity index (χ0) is 14.1. The van der Waals surface area contributed by atoms with Gasteiger partial charge in [-0.1, -0.05) is 40.2 Å². The Kier molecular flexibility index (Phi) is 3.68. The molecular weight excluding hydrogens is 321 g/mol. The van der Waals surface area contributed by atoms with E-state index in [1.165, 1.54) is 11.6 Å². The van der Waals surface area contributed by atoms with E-state index in [1.54, 1.807) is 12.1 Å². The van der Waals surface area contributed by atoms with Gasteiger partial charge in [0.25, 0.3) is 0 Å². The lowest BCUT2D eigenvalue weighted by Gasteiger charge is -2.25. The van der Waals surface area contributed by atoms with E-state index in [1.807, 2.05) is 24.3 Å². The van der Waals surface area contributed by atoms with Crippen LogP contribution in [0.25, 0.3) is 0 Å². The molecule has 2 nitrogen and oxygen atoms in total. The third-order valence-corrected chi connectivity index (χ3v) is 4.08. The van der Waals surface area contributed by atoms with Crippen molar-refractivity contribution in [2.24, 2.45) is 0 Å². The quantitative estimate of drug-likeness (QED) is 0.852. The highest BCUT2D eigenvalue weighted by Gasteiger charge is 2.26. The number of nitrogens with one attached hydrogen (secondary N) is 1. The van der Waals surface area contributed by atoms with Crippen molar-refractivity contribution in [2.75, 3.05) is 0 Å². The first kappa shape index (κ1) is 13.5. The average Bonchev–Trinajstić information content (AvgIpc) is 2.48. The molecule has 1 aliphatic heterocycles. The van der Waals surface area contributed by atoms with Crippen molar-refractivity contribution in [3.8, 4) is 0 Å². The van der Waals surface area contributed by atoms with Crippen molar-refractivity contribution < 1.29 is 9.18 Å². The Morgan fingerprint density at radius 3 is 2.75 bits per heavy atom. The van der Waals surface area contributed by atoms with Crippen molar-refractivity contribution in [1.82, 2.24) is 5.32 Å². The van der Waals surface area contributed by atoms with E-state index in [9.17, 15) is 9.18 Å². The van der Waals surface area contributed by atoms with Crippen LogP contribution >= 0.6 is 15.9 Å². The van der Waals surface area contributed by atoms with E-state index in [0.717, 1.165) is 5.56 Å². The van der Waals surface area contributed by atoms with Crippen LogP contribution in [0.5, 0.6) is 0 Å². The molecule has 2 aromatic carbocycles. The lowest BCUT2D eigenvalue weighted by Crippen LogP contribution is -2.42. The Labute approximate surface area is 125 Å². The van der Waals surface area contributed by atoms with Gasteiger partial charge in [0.2, 0.25) is 0 Å². The van der Waals surface area contributed by atoms with Crippen molar-refractivity contribution in [2.45, 2.75) is 19.0 Å². The van der Waals surface area contributed by atoms with Gasteiger partial charge in [0.15, 0.2) is 5.78 Å². The molecule has 0 aliphatic carbocycles. The first-order chi connectivity index (χ1) is 9.65. The number of rotatable bonds is 2. The van der Waals surface area contributed by atoms with Crippen LogP contribution in [-0.4, -0.2) is 11.8 Å². The third-order valence-electron chi connectivity index (χ3n) is 3.59. The van der Waals surface area contributed by atoms with E-state index >= 15 is 0 Å². The first-order valence-corrected chi connectivity index (χ1v) is 7.24. The summed E-state index contributed by atoms with van der Waals surface area (Å²) in [6.45, 7) is 0.641. The first-order valence-electron chi connectivity index (χ1n) is 6.44. The van der Waals surface area contributed by atoms with E-state index in [0.29, 0.717) is 17.4 Å². The molecule has 1 atom stereocenters. The van der Waals surface area contributed by atoms with Crippen molar-refractivity contribution in [3.05, 3.63) is 69.4 Å². The Morgan fingerprint density at radius 1 is 1.20 bits per heavy atom. The molecule has 2 aromatic rings. The molecule has 102 valence electrons. The zero-order valence-electron chi connectivity index (χ0n) is 10.7. The monoisotopic (exact) mass is 333 g/mol. The molecular formula is C16H13BrFNO. The van der Waals surface area contributed by atoms with Crippen LogP contribution in [0.2, 0.25) is 0 Å². The SMILES string of the molecule is O=C(c1cc(Br)ccc1F)C1Cc2ccccc2CN1. The number of benzene rings is 2. The van der Waals surface area contributed by atoms with Crippen LogP contribution in [0, 0.1) is 5.82 Å². The maximum absolute atomic E-state index is 13.8. The zero-order valence-corrected chi connectivity index (χ0v) is 12.3. The second-order valence-electron chi connectivity index (χ2n) is 4.89. The summed E-state index contributed by atoms with van der Waals surface area (Å²) in [5.74, 6) is -0.669. The lowest BCUT2D eigenvalue weighted by molar-refractivity contribution is 0.0934. The Balaban J connectivity index is 1.88. The number of hydrogen-bond donors (Lipinski definition) is 1. The van der Waals surface area contributed by atoms with Crippen LogP contribution in [0.15, 0.2) is 46.9 Å². The molecule has 4 heteroatoms. The molecule has 0 amide bonds. The summed E-state index contributed by atoms with van der Waals surface area (Å²) in [5.41, 5.74) is 2.49. The summed E-state index contributed by atoms with van der Waals surface area (Å²) in [6.07, 6.45) is 0.598. The average molecular weight is 334 g/mol. The third kappa shape index (κ3) is 2.53. The molecule has 1 N–H and O–H groups in total. The van der Waals surface area contributed by atoms with Gasteiger partial charge in [0.1, 0.15) is 5.82 Å². The van der Waals surface area contributed by atoms with Crippen molar-refractivity contribution >= 4 is 21.7 Å². The number of Topliss-reactive ketones (excluding diaryl/α,β-unsaturated/α-hetero) is 1. The summed E-state index contributed by atoms with van der Waals surface area (Å²) >= 11 is 3.28. The predicted molar refractivity (Wildman–Crippen MR) is 79.2 cm³/mol. The molecule has 20 heavy (non-hydrogen) atoms. The van der Waals surface area contributed by atoms with Crippen LogP contribution in [0.4, 0.5) is 4.39 Å². The molecule has 3 rings (SSSR count). The van der Waals surface area contributed by atoms with E-state index < -0.39 is 5.82 Å². The summed E-state index contributed by atoms with van der Waals surface area (Å²) in [6, 6.07) is 12.1. The summed E-state index contributed by atoms with van der Waals surface area (Å²) < 4.78 is 14.5. The van der Waals surface area contributed by atoms with Crippen LogP contribution in [-0.2, 0) is 13.0 Å². The van der Waals surface area contributed by atoms with Gasteiger partial charge in [-0.25, -0.2) is 4.39 Å². The highest BCUT2D eigenvalue weighted by Crippen LogP contribution is 2.21. The number of fused-ring (bicyclic) bond motifs is 1. The summed E-state index contributed by atoms with van der Waals surface area (Å²) in [5, 5.41) is 3.19. The van der Waals surface area contributed by atoms with E-state index in [4.69, 9.17) is 0 Å². The van der Waals surface area contributed by atoms with Crippen LogP contribution in [0.1, 0.15) is 21.5 Å². The molecule has 1 aliphatic rings. The fraction of sp³-hybridized carbons (Fsp3) is 0.188. The molecule has 0 bridgehead atoms. The van der Waals surface area contributed by atoms with Gasteiger partial charge >= 0.3 is 0 Å². The van der Waals surface area contributed by atoms with Gasteiger partial charge in [-0.15, -0.1) is 0 Å². The normalized spacial score (nSPS) is 17.6. The molecule has 0 fully saturated rings. The predicted octanol–water partition coefficient (Wildman–Crippen LogP) is 3.49. The number of hydrogen-bond acceptors (Lipinski definition) is 2. The van der Waals surface area contributed by atoms with Gasteiger partial charge in [0.05, 0.1) is 11.6 Å². The molecule has 1 unspecified atom stereocenters. The number of carbonyl (C=O) groups excluding carboxylic acids is 1. The summed E-state index contributed by atoms with van der Waals surface area (Å²) in [4.78, 5) is 12.5. The van der Waals surface area contributed by atoms with Crippen molar-refractivity contribution in [3.63, 3.8) is 0 Å². The summed E-state index contributed by atoms with van der Waals surface area (Å²) in [7, 11) is 0. The number of ketones is 1. The minimum Gasteiger partial charge on any atom is -0.303 e. The van der Waals surface area contributed by atoms with Crippen LogP contribution in [0.3, 0.4) is 0 Å². The molecule has 0 saturated heterocycles. The van der Waals surface area contributed by atoms with Gasteiger partial charge in [0, 0.05) is 11.0 Å². The fourth-order valence-corrected chi connectivity index (χ4v) is 2.87. The largest absolute Gasteiger partial charge is 0.303 e. The maximum atomic E-state index is 13.8. The Morgan fingerprint density at radius 2 is 1.95 bits per heavy atom. The highest BCUT2D eigenvalue weighted by molar-refractivity contribution is 9.10. The second-order valence-corrected chi connectivity index (χ2v) is 5.81. The second kappa shape index (κ2) is 5.46. The van der Waals surface area contributed by atoms with Gasteiger partial charge < -0.3 is 5.32 Å². The smallest absolute Gasteiger partial charge is 0.183 e. The topological polar surface area (TPSA) is 29.1 Å². The molecule has 0 radical (unpaired) electrons. The Bertz CT molecular complexity index is 671. The van der Waals surface area contributed by atoms with E-state index in [-0.39, 0.29) is 17.4 Å². The van der Waals surface area contributed by atoms with Gasteiger partial charge in [-0.2, -0.15) is 0 Å². The van der Waals surface area contributed by atoms with Gasteiger partial charge in [-0.3, -0.25) is 4.79 Å². The highest BCUT2D eigenvalue weighted by atomic mass is 79.9. The molecule has 1 heterocycles. The molecule has 0 saturated carbocycles. The standard InChI is InChI=1S/C16H13BrFNO/c17-12-5-6-14(18)13(8-12)16(20)15-7-10-3-1-2-4-11(10)9-19-15/h1-6,8,15,19H,7,9H2. The van der Waals surface area contributed by atoms with E-state index in [2.05, 4.69) is 21.2 Å². The minimum atomic E-state index is -0.473. The maximum Gasteiger partial charge on any atom is 0.183 e. The molecule has 0 aromatic heterocycles. The van der Waals surface area contributed by atoms with Gasteiger partial charge in [-0.05, 0) is 35.7 Å².